The first-order chi connectivity index (χ1) is 9.17. The lowest BCUT2D eigenvalue weighted by molar-refractivity contribution is -0.116. The minimum Gasteiger partial charge on any atom is -0.396 e. The standard InChI is InChI=1S/C14H22FN3O2/c1-14(2,20)9-18(3)7-6-13(19)17-10-4-5-11(15)12(16)8-10/h4-5,8,20H,6-7,9,16H2,1-3H3,(H,17,19). The van der Waals surface area contributed by atoms with Gasteiger partial charge in [-0.25, -0.2) is 4.39 Å². The molecule has 0 aliphatic carbocycles. The van der Waals surface area contributed by atoms with Gasteiger partial charge in [-0.3, -0.25) is 4.79 Å². The Morgan fingerprint density at radius 2 is 2.15 bits per heavy atom. The van der Waals surface area contributed by atoms with E-state index in [-0.39, 0.29) is 18.0 Å². The predicted molar refractivity (Wildman–Crippen MR) is 77.9 cm³/mol. The van der Waals surface area contributed by atoms with Crippen molar-refractivity contribution in [2.24, 2.45) is 0 Å². The van der Waals surface area contributed by atoms with Gasteiger partial charge in [0.1, 0.15) is 5.82 Å². The number of amides is 1. The van der Waals surface area contributed by atoms with Gasteiger partial charge < -0.3 is 21.1 Å². The third kappa shape index (κ3) is 5.99. The van der Waals surface area contributed by atoms with Crippen molar-refractivity contribution < 1.29 is 14.3 Å². The zero-order chi connectivity index (χ0) is 15.3. The number of benzene rings is 1. The summed E-state index contributed by atoms with van der Waals surface area (Å²) in [6, 6.07) is 4.06. The second-order valence-corrected chi connectivity index (χ2v) is 5.58. The summed E-state index contributed by atoms with van der Waals surface area (Å²) >= 11 is 0. The molecule has 4 N–H and O–H groups in total. The highest BCUT2D eigenvalue weighted by Crippen LogP contribution is 2.16. The van der Waals surface area contributed by atoms with Gasteiger partial charge in [0, 0.05) is 25.2 Å². The maximum atomic E-state index is 13.0. The van der Waals surface area contributed by atoms with Crippen molar-refractivity contribution in [3.8, 4) is 0 Å². The number of rotatable bonds is 6. The third-order valence-electron chi connectivity index (χ3n) is 2.66. The molecule has 5 nitrogen and oxygen atoms in total. The van der Waals surface area contributed by atoms with Crippen molar-refractivity contribution >= 4 is 17.3 Å². The molecule has 0 saturated carbocycles. The number of carbonyl (C=O) groups is 1. The van der Waals surface area contributed by atoms with Crippen LogP contribution >= 0.6 is 0 Å². The topological polar surface area (TPSA) is 78.6 Å². The van der Waals surface area contributed by atoms with Gasteiger partial charge >= 0.3 is 0 Å². The number of nitrogens with zero attached hydrogens (tertiary/aromatic N) is 1. The maximum absolute atomic E-state index is 13.0. The van der Waals surface area contributed by atoms with Crippen LogP contribution in [0.25, 0.3) is 0 Å². The lowest BCUT2D eigenvalue weighted by atomic mass is 10.1. The molecule has 0 aliphatic heterocycles. The minimum atomic E-state index is -0.795. The lowest BCUT2D eigenvalue weighted by Gasteiger charge is -2.25. The Labute approximate surface area is 118 Å². The number of hydrogen-bond donors (Lipinski definition) is 3. The van der Waals surface area contributed by atoms with E-state index < -0.39 is 11.4 Å². The van der Waals surface area contributed by atoms with Crippen LogP contribution in [0.2, 0.25) is 0 Å². The van der Waals surface area contributed by atoms with E-state index >= 15 is 0 Å². The molecule has 20 heavy (non-hydrogen) atoms. The van der Waals surface area contributed by atoms with E-state index in [2.05, 4.69) is 5.32 Å². The fraction of sp³-hybridized carbons (Fsp3) is 0.500. The molecule has 0 saturated heterocycles. The average molecular weight is 283 g/mol. The van der Waals surface area contributed by atoms with Crippen molar-refractivity contribution in [1.82, 2.24) is 4.90 Å². The zero-order valence-electron chi connectivity index (χ0n) is 12.1. The molecule has 0 unspecified atom stereocenters. The Hall–Kier alpha value is -1.66. The summed E-state index contributed by atoms with van der Waals surface area (Å²) in [6.07, 6.45) is 0.282. The van der Waals surface area contributed by atoms with E-state index in [1.54, 1.807) is 13.8 Å². The van der Waals surface area contributed by atoms with Gasteiger partial charge in [-0.2, -0.15) is 0 Å². The van der Waals surface area contributed by atoms with E-state index in [9.17, 15) is 14.3 Å². The van der Waals surface area contributed by atoms with Gasteiger partial charge in [-0.15, -0.1) is 0 Å². The fourth-order valence-electron chi connectivity index (χ4n) is 1.88. The molecule has 1 amide bonds. The number of hydrogen-bond acceptors (Lipinski definition) is 4. The summed E-state index contributed by atoms with van der Waals surface area (Å²) in [5, 5.41) is 12.3. The number of carbonyl (C=O) groups excluding carboxylic acids is 1. The molecule has 112 valence electrons. The number of anilines is 2. The number of halogens is 1. The summed E-state index contributed by atoms with van der Waals surface area (Å²) in [6.45, 7) is 4.42. The smallest absolute Gasteiger partial charge is 0.225 e. The van der Waals surface area contributed by atoms with Crippen molar-refractivity contribution in [2.45, 2.75) is 25.9 Å². The Kier molecular flexibility index (Phi) is 5.47. The number of aliphatic hydroxyl groups is 1. The average Bonchev–Trinajstić information content (AvgIpc) is 2.29. The molecule has 0 atom stereocenters. The van der Waals surface area contributed by atoms with E-state index in [1.165, 1.54) is 18.2 Å². The molecule has 0 spiro atoms. The van der Waals surface area contributed by atoms with Crippen LogP contribution in [0.3, 0.4) is 0 Å². The van der Waals surface area contributed by atoms with Crippen molar-refractivity contribution in [3.63, 3.8) is 0 Å². The van der Waals surface area contributed by atoms with Gasteiger partial charge in [0.2, 0.25) is 5.91 Å². The van der Waals surface area contributed by atoms with Crippen LogP contribution in [0.1, 0.15) is 20.3 Å². The quantitative estimate of drug-likeness (QED) is 0.690. The lowest BCUT2D eigenvalue weighted by Crippen LogP contribution is -2.37. The van der Waals surface area contributed by atoms with Crippen LogP contribution in [0.4, 0.5) is 15.8 Å². The highest BCUT2D eigenvalue weighted by Gasteiger charge is 2.16. The van der Waals surface area contributed by atoms with Gasteiger partial charge in [0.05, 0.1) is 11.3 Å². The molecule has 0 aliphatic rings. The zero-order valence-corrected chi connectivity index (χ0v) is 12.1. The number of nitrogens with one attached hydrogen (secondary N) is 1. The summed E-state index contributed by atoms with van der Waals surface area (Å²) in [5.74, 6) is -0.688. The largest absolute Gasteiger partial charge is 0.396 e. The molecule has 0 bridgehead atoms. The molecule has 0 radical (unpaired) electrons. The van der Waals surface area contributed by atoms with Crippen LogP contribution in [0.15, 0.2) is 18.2 Å². The van der Waals surface area contributed by atoms with Gasteiger partial charge in [-0.1, -0.05) is 0 Å². The van der Waals surface area contributed by atoms with Gasteiger partial charge in [0.25, 0.3) is 0 Å². The minimum absolute atomic E-state index is 0.00180. The summed E-state index contributed by atoms with van der Waals surface area (Å²) in [7, 11) is 1.83. The van der Waals surface area contributed by atoms with E-state index in [4.69, 9.17) is 5.73 Å². The van der Waals surface area contributed by atoms with E-state index in [0.29, 0.717) is 18.8 Å². The Balaban J connectivity index is 2.42. The van der Waals surface area contributed by atoms with Crippen molar-refractivity contribution in [2.75, 3.05) is 31.2 Å². The van der Waals surface area contributed by atoms with Crippen LogP contribution in [0, 0.1) is 5.82 Å². The normalized spacial score (nSPS) is 11.7. The highest BCUT2D eigenvalue weighted by atomic mass is 19.1. The molecule has 6 heteroatoms. The number of likely N-dealkylation sites (N-methyl/N-ethyl adjacent to an activating group) is 1. The Morgan fingerprint density at radius 1 is 1.50 bits per heavy atom. The highest BCUT2D eigenvalue weighted by molar-refractivity contribution is 5.91. The SMILES string of the molecule is CN(CCC(=O)Nc1ccc(F)c(N)c1)CC(C)(C)O. The molecule has 0 heterocycles. The fourth-order valence-corrected chi connectivity index (χ4v) is 1.88. The van der Waals surface area contributed by atoms with E-state index in [1.807, 2.05) is 11.9 Å². The van der Waals surface area contributed by atoms with Gasteiger partial charge in [0.15, 0.2) is 0 Å². The van der Waals surface area contributed by atoms with Crippen LogP contribution in [-0.4, -0.2) is 41.7 Å². The third-order valence-corrected chi connectivity index (χ3v) is 2.66. The summed E-state index contributed by atoms with van der Waals surface area (Å²) < 4.78 is 13.0. The van der Waals surface area contributed by atoms with Crippen LogP contribution in [-0.2, 0) is 4.79 Å². The second kappa shape index (κ2) is 6.67. The molecular formula is C14H22FN3O2. The molecule has 1 rings (SSSR count). The van der Waals surface area contributed by atoms with Gasteiger partial charge in [-0.05, 0) is 39.1 Å². The number of nitrogens with two attached hydrogens (primary N) is 1. The van der Waals surface area contributed by atoms with Crippen LogP contribution in [0.5, 0.6) is 0 Å². The van der Waals surface area contributed by atoms with Crippen LogP contribution < -0.4 is 11.1 Å². The molecule has 1 aromatic carbocycles. The first kappa shape index (κ1) is 16.4. The van der Waals surface area contributed by atoms with Crippen molar-refractivity contribution in [1.29, 1.82) is 0 Å². The summed E-state index contributed by atoms with van der Waals surface area (Å²) in [4.78, 5) is 13.6. The maximum Gasteiger partial charge on any atom is 0.225 e. The molecular weight excluding hydrogens is 261 g/mol. The predicted octanol–water partition coefficient (Wildman–Crippen LogP) is 1.44. The Bertz CT molecular complexity index is 472. The van der Waals surface area contributed by atoms with Crippen molar-refractivity contribution in [3.05, 3.63) is 24.0 Å². The molecule has 0 aromatic heterocycles. The Morgan fingerprint density at radius 3 is 2.70 bits per heavy atom. The summed E-state index contributed by atoms with van der Waals surface area (Å²) in [5.41, 5.74) is 5.10. The first-order valence-electron chi connectivity index (χ1n) is 6.43. The number of nitrogen functional groups attached to an aromatic ring is 1. The second-order valence-electron chi connectivity index (χ2n) is 5.58. The first-order valence-corrected chi connectivity index (χ1v) is 6.43. The monoisotopic (exact) mass is 283 g/mol. The van der Waals surface area contributed by atoms with E-state index in [0.717, 1.165) is 0 Å². The molecule has 0 fully saturated rings. The molecule has 1 aromatic rings.